The lowest BCUT2D eigenvalue weighted by Gasteiger charge is -2.12. The highest BCUT2D eigenvalue weighted by Crippen LogP contribution is 2.36. The van der Waals surface area contributed by atoms with Gasteiger partial charge in [-0.15, -0.1) is 0 Å². The molecule has 14 heavy (non-hydrogen) atoms. The summed E-state index contributed by atoms with van der Waals surface area (Å²) < 4.78 is 49.3. The zero-order chi connectivity index (χ0) is 10.9. The van der Waals surface area contributed by atoms with Crippen molar-refractivity contribution in [2.45, 2.75) is 12.8 Å². The zero-order valence-corrected chi connectivity index (χ0v) is 8.28. The van der Waals surface area contributed by atoms with Crippen molar-refractivity contribution < 1.29 is 22.7 Å². The first-order chi connectivity index (χ1) is 6.38. The van der Waals surface area contributed by atoms with E-state index < -0.39 is 29.7 Å². The molecule has 0 spiro atoms. The molecule has 0 atom stereocenters. The number of alkyl halides is 3. The Morgan fingerprint density at radius 2 is 1.86 bits per heavy atom. The molecule has 1 aromatic rings. The molecule has 1 N–H and O–H groups in total. The van der Waals surface area contributed by atoms with Gasteiger partial charge in [-0.1, -0.05) is 0 Å². The topological polar surface area (TPSA) is 20.2 Å². The summed E-state index contributed by atoms with van der Waals surface area (Å²) in [4.78, 5) is 0. The molecule has 78 valence electrons. The molecule has 1 nitrogen and oxygen atoms in total. The van der Waals surface area contributed by atoms with Gasteiger partial charge in [0, 0.05) is 5.56 Å². The summed E-state index contributed by atoms with van der Waals surface area (Å²) in [5.41, 5.74) is -1.52. The fourth-order valence-corrected chi connectivity index (χ4v) is 1.48. The highest BCUT2D eigenvalue weighted by Gasteiger charge is 2.34. The molecular formula is C8H5BrF4O. The number of halogens is 5. The predicted octanol–water partition coefficient (Wildman–Crippen LogP) is 3.10. The van der Waals surface area contributed by atoms with Gasteiger partial charge in [-0.3, -0.25) is 0 Å². The molecule has 0 aromatic heterocycles. The molecule has 0 saturated carbocycles. The Bertz CT molecular complexity index is 348. The first-order valence-electron chi connectivity index (χ1n) is 3.53. The van der Waals surface area contributed by atoms with Gasteiger partial charge < -0.3 is 5.11 Å². The van der Waals surface area contributed by atoms with E-state index in [0.717, 1.165) is 0 Å². The van der Waals surface area contributed by atoms with E-state index in [-0.39, 0.29) is 4.47 Å². The normalized spacial score (nSPS) is 11.9. The Morgan fingerprint density at radius 1 is 1.29 bits per heavy atom. The molecule has 1 aromatic carbocycles. The summed E-state index contributed by atoms with van der Waals surface area (Å²) in [7, 11) is 0. The molecule has 0 unspecified atom stereocenters. The second kappa shape index (κ2) is 3.86. The zero-order valence-electron chi connectivity index (χ0n) is 6.70. The molecule has 0 amide bonds. The minimum absolute atomic E-state index is 0.352. The number of benzene rings is 1. The van der Waals surface area contributed by atoms with Gasteiger partial charge in [-0.05, 0) is 28.1 Å². The lowest BCUT2D eigenvalue weighted by Crippen LogP contribution is -2.10. The molecule has 0 fully saturated rings. The van der Waals surface area contributed by atoms with Crippen LogP contribution in [0.2, 0.25) is 0 Å². The van der Waals surface area contributed by atoms with Gasteiger partial charge >= 0.3 is 6.18 Å². The van der Waals surface area contributed by atoms with Gasteiger partial charge in [-0.2, -0.15) is 13.2 Å². The monoisotopic (exact) mass is 272 g/mol. The van der Waals surface area contributed by atoms with Gasteiger partial charge in [0.15, 0.2) is 0 Å². The standard InChI is InChI=1S/C8H5BrF4O/c9-7-4(3-14)5(8(11,12)13)1-2-6(7)10/h1-2,14H,3H2. The fraction of sp³-hybridized carbons (Fsp3) is 0.250. The van der Waals surface area contributed by atoms with Crippen molar-refractivity contribution in [2.24, 2.45) is 0 Å². The fourth-order valence-electron chi connectivity index (χ4n) is 1.01. The van der Waals surface area contributed by atoms with Crippen LogP contribution in [0.1, 0.15) is 11.1 Å². The van der Waals surface area contributed by atoms with Crippen LogP contribution in [0.4, 0.5) is 17.6 Å². The van der Waals surface area contributed by atoms with E-state index in [1.54, 1.807) is 0 Å². The average Bonchev–Trinajstić information content (AvgIpc) is 2.07. The van der Waals surface area contributed by atoms with Crippen molar-refractivity contribution in [1.29, 1.82) is 0 Å². The molecule has 0 aliphatic carbocycles. The Kier molecular flexibility index (Phi) is 3.16. The van der Waals surface area contributed by atoms with Crippen LogP contribution in [0.25, 0.3) is 0 Å². The lowest BCUT2D eigenvalue weighted by molar-refractivity contribution is -0.138. The van der Waals surface area contributed by atoms with Crippen LogP contribution in [0.15, 0.2) is 16.6 Å². The maximum atomic E-state index is 12.8. The van der Waals surface area contributed by atoms with Crippen molar-refractivity contribution in [3.05, 3.63) is 33.5 Å². The van der Waals surface area contributed by atoms with Gasteiger partial charge in [0.2, 0.25) is 0 Å². The summed E-state index contributed by atoms with van der Waals surface area (Å²) in [6.07, 6.45) is -4.59. The third kappa shape index (κ3) is 2.06. The van der Waals surface area contributed by atoms with E-state index in [0.29, 0.717) is 12.1 Å². The maximum Gasteiger partial charge on any atom is 0.416 e. The highest BCUT2D eigenvalue weighted by molar-refractivity contribution is 9.10. The third-order valence-electron chi connectivity index (χ3n) is 1.66. The molecule has 0 heterocycles. The Labute approximate surface area is 85.5 Å². The minimum Gasteiger partial charge on any atom is -0.392 e. The van der Waals surface area contributed by atoms with Gasteiger partial charge in [-0.25, -0.2) is 4.39 Å². The van der Waals surface area contributed by atoms with Gasteiger partial charge in [0.1, 0.15) is 5.82 Å². The highest BCUT2D eigenvalue weighted by atomic mass is 79.9. The molecule has 0 bridgehead atoms. The largest absolute Gasteiger partial charge is 0.416 e. The second-order valence-electron chi connectivity index (χ2n) is 2.54. The van der Waals surface area contributed by atoms with Crippen LogP contribution < -0.4 is 0 Å². The van der Waals surface area contributed by atoms with Crippen LogP contribution in [-0.2, 0) is 12.8 Å². The number of aliphatic hydroxyl groups excluding tert-OH is 1. The smallest absolute Gasteiger partial charge is 0.392 e. The van der Waals surface area contributed by atoms with Gasteiger partial charge in [0.25, 0.3) is 0 Å². The van der Waals surface area contributed by atoms with E-state index in [4.69, 9.17) is 5.11 Å². The summed E-state index contributed by atoms with van der Waals surface area (Å²) >= 11 is 2.65. The average molecular weight is 273 g/mol. The Hall–Kier alpha value is -0.620. The summed E-state index contributed by atoms with van der Waals surface area (Å²) in [6, 6.07) is 1.30. The minimum atomic E-state index is -4.59. The molecule has 0 radical (unpaired) electrons. The lowest BCUT2D eigenvalue weighted by atomic mass is 10.1. The van der Waals surface area contributed by atoms with Crippen molar-refractivity contribution in [3.8, 4) is 0 Å². The number of rotatable bonds is 1. The molecule has 0 aliphatic rings. The van der Waals surface area contributed by atoms with Crippen molar-refractivity contribution in [1.82, 2.24) is 0 Å². The van der Waals surface area contributed by atoms with Crippen LogP contribution in [0, 0.1) is 5.82 Å². The molecule has 1 rings (SSSR count). The quantitative estimate of drug-likeness (QED) is 0.779. The summed E-state index contributed by atoms with van der Waals surface area (Å²) in [6.45, 7) is -0.868. The third-order valence-corrected chi connectivity index (χ3v) is 2.52. The van der Waals surface area contributed by atoms with Crippen LogP contribution in [-0.4, -0.2) is 5.11 Å². The van der Waals surface area contributed by atoms with E-state index in [1.165, 1.54) is 0 Å². The van der Waals surface area contributed by atoms with Crippen LogP contribution in [0.3, 0.4) is 0 Å². The first kappa shape index (κ1) is 11.5. The second-order valence-corrected chi connectivity index (χ2v) is 3.34. The summed E-state index contributed by atoms with van der Waals surface area (Å²) in [5, 5.41) is 8.69. The molecule has 0 saturated heterocycles. The molecule has 6 heteroatoms. The SMILES string of the molecule is OCc1c(C(F)(F)F)ccc(F)c1Br. The molecular weight excluding hydrogens is 268 g/mol. The van der Waals surface area contributed by atoms with Crippen molar-refractivity contribution >= 4 is 15.9 Å². The van der Waals surface area contributed by atoms with Crippen LogP contribution in [0.5, 0.6) is 0 Å². The number of hydrogen-bond donors (Lipinski definition) is 1. The van der Waals surface area contributed by atoms with Crippen molar-refractivity contribution in [2.75, 3.05) is 0 Å². The van der Waals surface area contributed by atoms with E-state index >= 15 is 0 Å². The number of hydrogen-bond acceptors (Lipinski definition) is 1. The number of aliphatic hydroxyl groups is 1. The Morgan fingerprint density at radius 3 is 2.29 bits per heavy atom. The predicted molar refractivity (Wildman–Crippen MR) is 45.0 cm³/mol. The maximum absolute atomic E-state index is 12.8. The van der Waals surface area contributed by atoms with E-state index in [2.05, 4.69) is 15.9 Å². The molecule has 0 aliphatic heterocycles. The first-order valence-corrected chi connectivity index (χ1v) is 4.32. The van der Waals surface area contributed by atoms with Crippen LogP contribution >= 0.6 is 15.9 Å². The van der Waals surface area contributed by atoms with E-state index in [9.17, 15) is 17.6 Å². The van der Waals surface area contributed by atoms with Gasteiger partial charge in [0.05, 0.1) is 16.6 Å². The van der Waals surface area contributed by atoms with Crippen molar-refractivity contribution in [3.63, 3.8) is 0 Å². The Balaban J connectivity index is 3.39. The van der Waals surface area contributed by atoms with E-state index in [1.807, 2.05) is 0 Å². The summed E-state index contributed by atoms with van der Waals surface area (Å²) in [5.74, 6) is -0.831.